The molecule has 4 heteroatoms. The van der Waals surface area contributed by atoms with Crippen LogP contribution in [-0.4, -0.2) is 35.7 Å². The van der Waals surface area contributed by atoms with Crippen molar-refractivity contribution in [2.45, 2.75) is 51.6 Å². The zero-order valence-electron chi connectivity index (χ0n) is 10.5. The lowest BCUT2D eigenvalue weighted by Crippen LogP contribution is -2.57. The zero-order valence-corrected chi connectivity index (χ0v) is 11.4. The summed E-state index contributed by atoms with van der Waals surface area (Å²) < 4.78 is 5.22. The Hall–Kier alpha value is -0.220. The molecule has 0 aromatic rings. The van der Waals surface area contributed by atoms with Crippen LogP contribution < -0.4 is 5.32 Å². The van der Waals surface area contributed by atoms with E-state index in [2.05, 4.69) is 19.2 Å². The van der Waals surface area contributed by atoms with Crippen molar-refractivity contribution in [2.75, 3.05) is 18.1 Å². The normalized spacial score (nSPS) is 21.4. The molecule has 94 valence electrons. The first-order chi connectivity index (χ1) is 7.64. The molecular formula is C12H23NO2S. The maximum Gasteiger partial charge on any atom is 0.326 e. The third kappa shape index (κ3) is 3.39. The maximum absolute atomic E-state index is 12.1. The van der Waals surface area contributed by atoms with Gasteiger partial charge in [0.25, 0.3) is 0 Å². The second kappa shape index (κ2) is 6.50. The van der Waals surface area contributed by atoms with Crippen LogP contribution in [0.25, 0.3) is 0 Å². The van der Waals surface area contributed by atoms with Crippen molar-refractivity contribution in [3.05, 3.63) is 0 Å². The number of esters is 1. The van der Waals surface area contributed by atoms with E-state index in [0.29, 0.717) is 12.6 Å². The molecule has 0 aromatic carbocycles. The minimum absolute atomic E-state index is 0.0596. The molecule has 0 saturated carbocycles. The van der Waals surface area contributed by atoms with Gasteiger partial charge >= 0.3 is 5.97 Å². The van der Waals surface area contributed by atoms with Gasteiger partial charge in [0, 0.05) is 6.04 Å². The SMILES string of the molecule is CCOC(=O)C1(NC(C)CC)CCSCC1. The highest BCUT2D eigenvalue weighted by Gasteiger charge is 2.41. The first-order valence-corrected chi connectivity index (χ1v) is 7.32. The fourth-order valence-corrected chi connectivity index (χ4v) is 3.16. The summed E-state index contributed by atoms with van der Waals surface area (Å²) in [6, 6.07) is 0.368. The van der Waals surface area contributed by atoms with Gasteiger partial charge in [-0.3, -0.25) is 10.1 Å². The Balaban J connectivity index is 2.70. The molecular weight excluding hydrogens is 222 g/mol. The summed E-state index contributed by atoms with van der Waals surface area (Å²) in [5, 5.41) is 3.48. The fraction of sp³-hybridized carbons (Fsp3) is 0.917. The third-order valence-corrected chi connectivity index (χ3v) is 4.13. The lowest BCUT2D eigenvalue weighted by Gasteiger charge is -2.37. The molecule has 1 aliphatic heterocycles. The summed E-state index contributed by atoms with van der Waals surface area (Å²) in [4.78, 5) is 12.1. The van der Waals surface area contributed by atoms with Gasteiger partial charge in [0.15, 0.2) is 0 Å². The molecule has 1 atom stereocenters. The smallest absolute Gasteiger partial charge is 0.326 e. The molecule has 0 aromatic heterocycles. The summed E-state index contributed by atoms with van der Waals surface area (Å²) in [7, 11) is 0. The quantitative estimate of drug-likeness (QED) is 0.754. The van der Waals surface area contributed by atoms with Crippen molar-refractivity contribution in [2.24, 2.45) is 0 Å². The van der Waals surface area contributed by atoms with Crippen LogP contribution in [0.5, 0.6) is 0 Å². The topological polar surface area (TPSA) is 38.3 Å². The molecule has 1 heterocycles. The summed E-state index contributed by atoms with van der Waals surface area (Å²) in [6.07, 6.45) is 2.82. The zero-order chi connectivity index (χ0) is 12.0. The van der Waals surface area contributed by atoms with Crippen molar-refractivity contribution >= 4 is 17.7 Å². The molecule has 1 N–H and O–H groups in total. The lowest BCUT2D eigenvalue weighted by atomic mass is 9.91. The second-order valence-electron chi connectivity index (χ2n) is 4.37. The Labute approximate surface area is 103 Å². The van der Waals surface area contributed by atoms with Crippen LogP contribution in [0.4, 0.5) is 0 Å². The van der Waals surface area contributed by atoms with Crippen LogP contribution >= 0.6 is 11.8 Å². The Kier molecular flexibility index (Phi) is 5.62. The molecule has 1 saturated heterocycles. The van der Waals surface area contributed by atoms with Gasteiger partial charge in [-0.15, -0.1) is 0 Å². The van der Waals surface area contributed by atoms with E-state index < -0.39 is 5.54 Å². The fourth-order valence-electron chi connectivity index (χ4n) is 1.97. The molecule has 3 nitrogen and oxygen atoms in total. The number of ether oxygens (including phenoxy) is 1. The highest BCUT2D eigenvalue weighted by atomic mass is 32.2. The molecule has 0 bridgehead atoms. The Morgan fingerprint density at radius 2 is 2.06 bits per heavy atom. The van der Waals surface area contributed by atoms with E-state index in [1.165, 1.54) is 0 Å². The third-order valence-electron chi connectivity index (χ3n) is 3.15. The maximum atomic E-state index is 12.1. The van der Waals surface area contributed by atoms with Crippen LogP contribution in [0.1, 0.15) is 40.0 Å². The molecule has 0 amide bonds. The van der Waals surface area contributed by atoms with Crippen LogP contribution in [0, 0.1) is 0 Å². The predicted octanol–water partition coefficient (Wildman–Crippen LogP) is 2.20. The average Bonchev–Trinajstić information content (AvgIpc) is 2.30. The van der Waals surface area contributed by atoms with Crippen molar-refractivity contribution < 1.29 is 9.53 Å². The van der Waals surface area contributed by atoms with Gasteiger partial charge < -0.3 is 4.74 Å². The van der Waals surface area contributed by atoms with Crippen molar-refractivity contribution in [1.82, 2.24) is 5.32 Å². The number of nitrogens with one attached hydrogen (secondary N) is 1. The lowest BCUT2D eigenvalue weighted by molar-refractivity contribution is -0.152. The minimum atomic E-state index is -0.420. The van der Waals surface area contributed by atoms with Crippen molar-refractivity contribution in [3.63, 3.8) is 0 Å². The number of rotatable bonds is 5. The van der Waals surface area contributed by atoms with E-state index in [1.807, 2.05) is 18.7 Å². The van der Waals surface area contributed by atoms with E-state index in [-0.39, 0.29) is 5.97 Å². The molecule has 16 heavy (non-hydrogen) atoms. The van der Waals surface area contributed by atoms with Gasteiger partial charge in [0.1, 0.15) is 5.54 Å². The second-order valence-corrected chi connectivity index (χ2v) is 5.59. The predicted molar refractivity (Wildman–Crippen MR) is 68.8 cm³/mol. The number of carbonyl (C=O) groups excluding carboxylic acids is 1. The highest BCUT2D eigenvalue weighted by molar-refractivity contribution is 7.99. The summed E-state index contributed by atoms with van der Waals surface area (Å²) in [5.41, 5.74) is -0.420. The van der Waals surface area contributed by atoms with Crippen molar-refractivity contribution in [3.8, 4) is 0 Å². The van der Waals surface area contributed by atoms with Gasteiger partial charge in [-0.25, -0.2) is 0 Å². The summed E-state index contributed by atoms with van der Waals surface area (Å²) in [6.45, 7) is 6.60. The van der Waals surface area contributed by atoms with E-state index in [1.54, 1.807) is 0 Å². The van der Waals surface area contributed by atoms with E-state index >= 15 is 0 Å². The minimum Gasteiger partial charge on any atom is -0.465 e. The van der Waals surface area contributed by atoms with Crippen LogP contribution in [0.15, 0.2) is 0 Å². The van der Waals surface area contributed by atoms with Gasteiger partial charge in [-0.1, -0.05) is 6.92 Å². The van der Waals surface area contributed by atoms with E-state index in [4.69, 9.17) is 4.74 Å². The number of carbonyl (C=O) groups is 1. The molecule has 0 radical (unpaired) electrons. The van der Waals surface area contributed by atoms with E-state index in [0.717, 1.165) is 30.8 Å². The molecule has 0 spiro atoms. The Bertz CT molecular complexity index is 227. The van der Waals surface area contributed by atoms with Gasteiger partial charge in [-0.05, 0) is 44.6 Å². The van der Waals surface area contributed by atoms with Crippen LogP contribution in [0.3, 0.4) is 0 Å². The van der Waals surface area contributed by atoms with Crippen LogP contribution in [0.2, 0.25) is 0 Å². The average molecular weight is 245 g/mol. The Morgan fingerprint density at radius 1 is 1.44 bits per heavy atom. The first-order valence-electron chi connectivity index (χ1n) is 6.17. The molecule has 1 aliphatic rings. The monoisotopic (exact) mass is 245 g/mol. The van der Waals surface area contributed by atoms with Crippen molar-refractivity contribution in [1.29, 1.82) is 0 Å². The largest absolute Gasteiger partial charge is 0.465 e. The van der Waals surface area contributed by atoms with Gasteiger partial charge in [0.05, 0.1) is 6.61 Å². The van der Waals surface area contributed by atoms with E-state index in [9.17, 15) is 4.79 Å². The van der Waals surface area contributed by atoms with Gasteiger partial charge in [0.2, 0.25) is 0 Å². The number of thioether (sulfide) groups is 1. The van der Waals surface area contributed by atoms with Crippen LogP contribution in [-0.2, 0) is 9.53 Å². The molecule has 1 rings (SSSR count). The molecule has 1 unspecified atom stereocenters. The Morgan fingerprint density at radius 3 is 2.56 bits per heavy atom. The standard InChI is InChI=1S/C12H23NO2S/c1-4-10(3)13-12(11(14)15-5-2)6-8-16-9-7-12/h10,13H,4-9H2,1-3H3. The molecule has 0 aliphatic carbocycles. The summed E-state index contributed by atoms with van der Waals surface area (Å²) in [5.74, 6) is 2.03. The first kappa shape index (κ1) is 13.8. The number of hydrogen-bond acceptors (Lipinski definition) is 4. The number of hydrogen-bond donors (Lipinski definition) is 1. The van der Waals surface area contributed by atoms with Gasteiger partial charge in [-0.2, -0.15) is 11.8 Å². The summed E-state index contributed by atoms with van der Waals surface area (Å²) >= 11 is 1.92. The highest BCUT2D eigenvalue weighted by Crippen LogP contribution is 2.29. The molecule has 1 fully saturated rings.